The molecule has 16 rings (SSSR count). The van der Waals surface area contributed by atoms with Gasteiger partial charge in [0, 0.05) is 59.2 Å². The maximum atomic E-state index is 14.0. The quantitative estimate of drug-likeness (QED) is 0.0329. The molecule has 4 saturated carbocycles. The van der Waals surface area contributed by atoms with Crippen molar-refractivity contribution in [2.24, 2.45) is 0 Å². The Balaban J connectivity index is 0.000000127. The van der Waals surface area contributed by atoms with Crippen molar-refractivity contribution >= 4 is 148 Å². The van der Waals surface area contributed by atoms with Gasteiger partial charge >= 0.3 is 6.18 Å². The second-order valence-electron chi connectivity index (χ2n) is 26.6. The van der Waals surface area contributed by atoms with Gasteiger partial charge in [-0.25, -0.2) is 29.3 Å². The Morgan fingerprint density at radius 2 is 0.778 bits per heavy atom. The van der Waals surface area contributed by atoms with E-state index in [0.717, 1.165) is 90.8 Å². The number of hydrogen-bond donors (Lipinski definition) is 8. The number of fused-ring (bicyclic) bond motifs is 4. The summed E-state index contributed by atoms with van der Waals surface area (Å²) >= 11 is 30.9. The summed E-state index contributed by atoms with van der Waals surface area (Å²) in [5.41, 5.74) is 24.2. The minimum absolute atomic E-state index is 0.0000204. The van der Waals surface area contributed by atoms with E-state index in [1.165, 1.54) is 6.20 Å². The van der Waals surface area contributed by atoms with Crippen molar-refractivity contribution in [2.75, 3.05) is 44.2 Å². The molecule has 12 aromatic rings. The van der Waals surface area contributed by atoms with Crippen molar-refractivity contribution in [3.8, 4) is 6.07 Å². The number of nitrogens with one attached hydrogen (secondary N) is 4. The van der Waals surface area contributed by atoms with Crippen LogP contribution >= 0.6 is 58.0 Å². The van der Waals surface area contributed by atoms with Crippen LogP contribution in [-0.4, -0.2) is 58.1 Å². The van der Waals surface area contributed by atoms with Gasteiger partial charge in [-0.05, 0) is 161 Å². The molecule has 108 heavy (non-hydrogen) atoms. The highest BCUT2D eigenvalue weighted by Crippen LogP contribution is 2.43. The van der Waals surface area contributed by atoms with E-state index in [2.05, 4.69) is 61.1 Å². The van der Waals surface area contributed by atoms with E-state index in [0.29, 0.717) is 76.1 Å². The highest BCUT2D eigenvalue weighted by Gasteiger charge is 2.38. The fraction of sp³-hybridized carbons (Fsp3) is 0.284. The normalized spacial score (nSPS) is 15.1. The van der Waals surface area contributed by atoms with Crippen molar-refractivity contribution in [3.05, 3.63) is 228 Å². The summed E-state index contributed by atoms with van der Waals surface area (Å²) in [4.78, 5) is 83.1. The highest BCUT2D eigenvalue weighted by molar-refractivity contribution is 6.36. The number of nitrogens with zero attached hydrogens (tertiary/aromatic N) is 13. The van der Waals surface area contributed by atoms with Gasteiger partial charge in [0.15, 0.2) is 11.6 Å². The topological polar surface area (TPSA) is 367 Å². The molecule has 4 atom stereocenters. The molecular formula is C74H68Cl5F4N21O4. The van der Waals surface area contributed by atoms with Gasteiger partial charge in [-0.1, -0.05) is 94.9 Å². The number of nitrogens with two attached hydrogens (primary N) is 4. The molecule has 0 bridgehead atoms. The number of aromatic nitrogens is 12. The minimum Gasteiger partial charge on any atom is -0.383 e. The lowest BCUT2D eigenvalue weighted by Crippen LogP contribution is -2.27. The van der Waals surface area contributed by atoms with E-state index in [9.17, 15) is 42.0 Å². The Kier molecular flexibility index (Phi) is 21.5. The van der Waals surface area contributed by atoms with Gasteiger partial charge in [0.1, 0.15) is 40.5 Å². The second kappa shape index (κ2) is 30.8. The van der Waals surface area contributed by atoms with E-state index >= 15 is 0 Å². The van der Waals surface area contributed by atoms with Gasteiger partial charge in [-0.3, -0.25) is 19.2 Å². The first-order valence-electron chi connectivity index (χ1n) is 34.3. The molecule has 0 amide bonds. The maximum absolute atomic E-state index is 14.0. The number of rotatable bonds is 16. The van der Waals surface area contributed by atoms with Crippen LogP contribution in [0.25, 0.3) is 43.1 Å². The first-order valence-corrected chi connectivity index (χ1v) is 36.2. The van der Waals surface area contributed by atoms with Crippen molar-refractivity contribution in [1.29, 1.82) is 5.26 Å². The standard InChI is InChI=1S/C19H17ClF3N5O.C19H17ClN6O.C18H17Cl2N5O.C18H17ClFN5O/c1-9(26-16-12(19(21,22)23)8-25-18(24)27-16)14-7-10-3-2-4-13(20)15(10)17(29)28(14)11-5-6-11;1-10(24-17-12(8-21)9-23-19(22)25-17)15-7-11-3-2-4-14(20)16(11)18(27)26(15)13-5-6-13;1-9(22-15-8-14(21)23-18(20)24-15)13-7-10-3-2-4-12(19)16(10)17(26)25(13)11-5-6-11;1-9(23-16-13(20)8-22-18(21)24-16)14-7-10-3-2-4-12(19)15(10)17(26)25(14)11-5-6-11/h2-4,7-9,11H,5-6H2,1H3,(H3,24,25,26,27);2-4,7,9-10,13H,5-6H2,1H3,(H3,22,23,24,25);2*2-4,7-9,11H,5-6H2,1H3,(H3,21,22,23,24)/t9-;10-;2*9-/m0000/s1. The molecule has 34 heteroatoms. The maximum Gasteiger partial charge on any atom is 0.421 e. The summed E-state index contributed by atoms with van der Waals surface area (Å²) in [6, 6.07) is 31.8. The third kappa shape index (κ3) is 16.2. The Bertz CT molecular complexity index is 5830. The van der Waals surface area contributed by atoms with Crippen LogP contribution in [0.3, 0.4) is 0 Å². The Morgan fingerprint density at radius 1 is 0.454 bits per heavy atom. The molecule has 0 unspecified atom stereocenters. The summed E-state index contributed by atoms with van der Waals surface area (Å²) in [6.07, 6.45) is 5.80. The molecule has 12 N–H and O–H groups in total. The van der Waals surface area contributed by atoms with Gasteiger partial charge in [-0.15, -0.1) is 0 Å². The summed E-state index contributed by atoms with van der Waals surface area (Å²) in [5, 5.41) is 28.3. The molecule has 0 saturated heterocycles. The van der Waals surface area contributed by atoms with Crippen molar-refractivity contribution in [3.63, 3.8) is 0 Å². The largest absolute Gasteiger partial charge is 0.421 e. The van der Waals surface area contributed by atoms with E-state index < -0.39 is 29.4 Å². The number of alkyl halides is 3. The van der Waals surface area contributed by atoms with Crippen LogP contribution in [0.5, 0.6) is 0 Å². The SMILES string of the molecule is C[C@H](Nc1cc(N)nc(Cl)n1)c1cc2cccc(Cl)c2c(=O)n1C1CC1.C[C@H](Nc1nc(N)ncc1C#N)c1cc2cccc(Cl)c2c(=O)n1C1CC1.C[C@H](Nc1nc(N)ncc1C(F)(F)F)c1cc2cccc(Cl)c2c(=O)n1C1CC1.C[C@H](Nc1nc(N)ncc1F)c1cc2cccc(Cl)c2c(=O)n1C1CC1. The van der Waals surface area contributed by atoms with E-state index in [-0.39, 0.29) is 99.3 Å². The van der Waals surface area contributed by atoms with Gasteiger partial charge in [0.05, 0.1) is 78.2 Å². The monoisotopic (exact) mass is 1570 g/mol. The van der Waals surface area contributed by atoms with E-state index in [1.807, 2.05) is 84.5 Å². The molecule has 0 radical (unpaired) electrons. The summed E-state index contributed by atoms with van der Waals surface area (Å²) in [5.74, 6) is -0.115. The summed E-state index contributed by atoms with van der Waals surface area (Å²) < 4.78 is 61.0. The average Bonchev–Trinajstić information content (AvgIpc) is 1.26. The first-order chi connectivity index (χ1) is 51.5. The van der Waals surface area contributed by atoms with Gasteiger partial charge in [-0.2, -0.15) is 33.4 Å². The highest BCUT2D eigenvalue weighted by atomic mass is 35.5. The van der Waals surface area contributed by atoms with Crippen LogP contribution in [0.2, 0.25) is 25.4 Å². The number of anilines is 8. The van der Waals surface area contributed by atoms with Crippen LogP contribution in [0.4, 0.5) is 64.5 Å². The van der Waals surface area contributed by atoms with Gasteiger partial charge < -0.3 is 62.5 Å². The van der Waals surface area contributed by atoms with Gasteiger partial charge in [0.2, 0.25) is 23.1 Å². The van der Waals surface area contributed by atoms with Crippen LogP contribution in [0, 0.1) is 17.1 Å². The van der Waals surface area contributed by atoms with Crippen molar-refractivity contribution in [1.82, 2.24) is 58.1 Å². The summed E-state index contributed by atoms with van der Waals surface area (Å²) in [6.45, 7) is 7.41. The van der Waals surface area contributed by atoms with Crippen LogP contribution in [-0.2, 0) is 6.18 Å². The lowest BCUT2D eigenvalue weighted by molar-refractivity contribution is -0.137. The summed E-state index contributed by atoms with van der Waals surface area (Å²) in [7, 11) is 0. The number of pyridine rings is 4. The third-order valence-electron chi connectivity index (χ3n) is 18.6. The molecule has 556 valence electrons. The Labute approximate surface area is 637 Å². The fourth-order valence-electron chi connectivity index (χ4n) is 13.0. The van der Waals surface area contributed by atoms with Crippen LogP contribution in [0.1, 0.15) is 161 Å². The van der Waals surface area contributed by atoms with Gasteiger partial charge in [0.25, 0.3) is 22.2 Å². The molecule has 4 aliphatic carbocycles. The lowest BCUT2D eigenvalue weighted by Gasteiger charge is -2.23. The molecule has 25 nitrogen and oxygen atoms in total. The molecule has 8 aromatic heterocycles. The van der Waals surface area contributed by atoms with Crippen LogP contribution < -0.4 is 66.4 Å². The number of nitrogen functional groups attached to an aromatic ring is 4. The predicted octanol–water partition coefficient (Wildman–Crippen LogP) is 15.8. The van der Waals surface area contributed by atoms with E-state index in [1.54, 1.807) is 70.7 Å². The smallest absolute Gasteiger partial charge is 0.383 e. The molecule has 0 spiro atoms. The minimum atomic E-state index is -4.65. The first kappa shape index (κ1) is 75.3. The van der Waals surface area contributed by atoms with E-state index in [4.69, 9.17) is 80.9 Å². The van der Waals surface area contributed by atoms with Crippen LogP contribution in [0.15, 0.2) is 141 Å². The predicted molar refractivity (Wildman–Crippen MR) is 415 cm³/mol. The number of hydrogen-bond acceptors (Lipinski definition) is 21. The van der Waals surface area contributed by atoms with Crippen molar-refractivity contribution < 1.29 is 17.6 Å². The molecule has 4 aromatic carbocycles. The number of halogens is 9. The number of nitriles is 1. The lowest BCUT2D eigenvalue weighted by atomic mass is 10.1. The Hall–Kier alpha value is -10.9. The third-order valence-corrected chi connectivity index (χ3v) is 20.0. The van der Waals surface area contributed by atoms with Crippen molar-refractivity contribution in [2.45, 2.75) is 134 Å². The molecule has 4 fully saturated rings. The molecule has 4 aliphatic rings. The number of benzene rings is 4. The molecule has 8 heterocycles. The second-order valence-corrected chi connectivity index (χ2v) is 28.6. The zero-order valence-electron chi connectivity index (χ0n) is 58.0. The Morgan fingerprint density at radius 3 is 1.13 bits per heavy atom. The fourth-order valence-corrected chi connectivity index (χ4v) is 14.2. The molecule has 0 aliphatic heterocycles. The zero-order chi connectivity index (χ0) is 76.9. The molecular weight excluding hydrogens is 1500 g/mol. The average molecular weight is 1570 g/mol. The zero-order valence-corrected chi connectivity index (χ0v) is 61.8.